The van der Waals surface area contributed by atoms with E-state index in [1.807, 2.05) is 73.7 Å². The molecule has 0 radical (unpaired) electrons. The Morgan fingerprint density at radius 2 is 1.81 bits per heavy atom. The van der Waals surface area contributed by atoms with Gasteiger partial charge in [0.25, 0.3) is 11.1 Å². The summed E-state index contributed by atoms with van der Waals surface area (Å²) >= 11 is 1.21. The topological polar surface area (TPSA) is 77.7 Å². The van der Waals surface area contributed by atoms with E-state index in [0.29, 0.717) is 29.2 Å². The number of thioether (sulfide) groups is 1. The van der Waals surface area contributed by atoms with Crippen LogP contribution in [0.1, 0.15) is 18.9 Å². The predicted octanol–water partition coefficient (Wildman–Crippen LogP) is 4.88. The Hall–Kier alpha value is -3.52. The maximum absolute atomic E-state index is 13.0. The van der Waals surface area contributed by atoms with Crippen molar-refractivity contribution in [3.05, 3.63) is 72.6 Å². The number of fused-ring (bicyclic) bond motifs is 2. The molecule has 7 nitrogen and oxygen atoms in total. The summed E-state index contributed by atoms with van der Waals surface area (Å²) < 4.78 is 17.4. The maximum atomic E-state index is 13.0. The summed E-state index contributed by atoms with van der Waals surface area (Å²) in [5, 5.41) is 10.6. The first-order valence-corrected chi connectivity index (χ1v) is 11.3. The van der Waals surface area contributed by atoms with Gasteiger partial charge in [0.05, 0.1) is 11.4 Å². The molecule has 32 heavy (non-hydrogen) atoms. The van der Waals surface area contributed by atoms with Gasteiger partial charge >= 0.3 is 0 Å². The molecule has 8 heteroatoms. The summed E-state index contributed by atoms with van der Waals surface area (Å²) in [6.07, 6.45) is -0.481. The molecular weight excluding hydrogens is 426 g/mol. The maximum Gasteiger partial charge on any atom is 0.277 e. The van der Waals surface area contributed by atoms with Gasteiger partial charge in [-0.25, -0.2) is 0 Å². The minimum atomic E-state index is -0.481. The van der Waals surface area contributed by atoms with Crippen LogP contribution in [0.5, 0.6) is 11.5 Å². The molecule has 0 fully saturated rings. The lowest BCUT2D eigenvalue weighted by Gasteiger charge is -2.23. The number of benzene rings is 3. The molecule has 1 aliphatic heterocycles. The lowest BCUT2D eigenvalue weighted by Crippen LogP contribution is -2.32. The van der Waals surface area contributed by atoms with Crippen molar-refractivity contribution in [2.75, 3.05) is 23.8 Å². The number of carbonyl (C=O) groups excluding carboxylic acids is 1. The first-order valence-electron chi connectivity index (χ1n) is 10.4. The number of rotatable bonds is 6. The van der Waals surface area contributed by atoms with Crippen LogP contribution in [0.3, 0.4) is 0 Å². The minimum absolute atomic E-state index is 0.0280. The molecule has 0 aliphatic carbocycles. The van der Waals surface area contributed by atoms with Crippen LogP contribution in [0.4, 0.5) is 5.69 Å². The number of hydrogen-bond donors (Lipinski definition) is 0. The van der Waals surface area contributed by atoms with E-state index in [1.54, 1.807) is 4.90 Å². The number of nitrogens with zero attached hydrogens (tertiary/aromatic N) is 3. The van der Waals surface area contributed by atoms with E-state index in [2.05, 4.69) is 10.2 Å². The zero-order chi connectivity index (χ0) is 21.9. The van der Waals surface area contributed by atoms with Crippen molar-refractivity contribution in [2.45, 2.75) is 18.3 Å². The molecule has 162 valence electrons. The van der Waals surface area contributed by atoms with E-state index in [9.17, 15) is 4.79 Å². The second kappa shape index (κ2) is 8.92. The van der Waals surface area contributed by atoms with Crippen LogP contribution in [0.2, 0.25) is 0 Å². The zero-order valence-corrected chi connectivity index (χ0v) is 18.2. The van der Waals surface area contributed by atoms with E-state index < -0.39 is 6.10 Å². The zero-order valence-electron chi connectivity index (χ0n) is 17.4. The number of aromatic nitrogens is 2. The number of hydrogen-bond acceptors (Lipinski definition) is 7. The van der Waals surface area contributed by atoms with Gasteiger partial charge < -0.3 is 18.8 Å². The van der Waals surface area contributed by atoms with Crippen molar-refractivity contribution < 1.29 is 18.7 Å². The molecular formula is C24H21N3O4S. The third-order valence-electron chi connectivity index (χ3n) is 5.20. The fraction of sp³-hybridized carbons (Fsp3) is 0.208. The van der Waals surface area contributed by atoms with Crippen LogP contribution in [0.25, 0.3) is 10.8 Å². The van der Waals surface area contributed by atoms with E-state index >= 15 is 0 Å². The van der Waals surface area contributed by atoms with Gasteiger partial charge in [-0.1, -0.05) is 60.3 Å². The van der Waals surface area contributed by atoms with Crippen LogP contribution >= 0.6 is 11.8 Å². The van der Waals surface area contributed by atoms with Gasteiger partial charge in [-0.3, -0.25) is 4.79 Å². The predicted molar refractivity (Wildman–Crippen MR) is 122 cm³/mol. The van der Waals surface area contributed by atoms with Crippen LogP contribution in [0.15, 0.2) is 76.4 Å². The second-order valence-corrected chi connectivity index (χ2v) is 8.12. The third-order valence-corrected chi connectivity index (χ3v) is 6.00. The van der Waals surface area contributed by atoms with Crippen LogP contribution < -0.4 is 14.4 Å². The summed E-state index contributed by atoms with van der Waals surface area (Å²) in [7, 11) is 0. The Kier molecular flexibility index (Phi) is 5.68. The number of carbonyl (C=O) groups is 1. The molecule has 5 rings (SSSR count). The van der Waals surface area contributed by atoms with Crippen molar-refractivity contribution in [2.24, 2.45) is 0 Å². The van der Waals surface area contributed by atoms with E-state index in [4.69, 9.17) is 13.9 Å². The molecule has 2 heterocycles. The number of para-hydroxylation sites is 2. The molecule has 4 aromatic rings. The number of amides is 1. The van der Waals surface area contributed by atoms with Crippen molar-refractivity contribution in [1.82, 2.24) is 10.2 Å². The molecule has 1 aliphatic rings. The highest BCUT2D eigenvalue weighted by Gasteiger charge is 2.27. The molecule has 0 spiro atoms. The van der Waals surface area contributed by atoms with E-state index in [1.165, 1.54) is 11.8 Å². The average molecular weight is 448 g/mol. The normalized spacial score (nSPS) is 15.0. The summed E-state index contributed by atoms with van der Waals surface area (Å²) in [6, 6.07) is 21.5. The summed E-state index contributed by atoms with van der Waals surface area (Å²) in [6.45, 7) is 2.81. The van der Waals surface area contributed by atoms with Gasteiger partial charge in [-0.05, 0) is 30.5 Å². The largest absolute Gasteiger partial charge is 0.485 e. The Morgan fingerprint density at radius 3 is 2.69 bits per heavy atom. The van der Waals surface area contributed by atoms with Crippen molar-refractivity contribution in [3.63, 3.8) is 0 Å². The molecule has 0 bridgehead atoms. The highest BCUT2D eigenvalue weighted by molar-refractivity contribution is 7.99. The van der Waals surface area contributed by atoms with E-state index in [-0.39, 0.29) is 18.3 Å². The lowest BCUT2D eigenvalue weighted by molar-refractivity contribution is -0.116. The Bertz CT molecular complexity index is 1250. The molecule has 0 saturated heterocycles. The number of ether oxygens (including phenoxy) is 2. The third kappa shape index (κ3) is 4.01. The second-order valence-electron chi connectivity index (χ2n) is 7.20. The molecule has 0 N–H and O–H groups in total. The summed E-state index contributed by atoms with van der Waals surface area (Å²) in [4.78, 5) is 14.8. The monoisotopic (exact) mass is 447 g/mol. The minimum Gasteiger partial charge on any atom is -0.485 e. The molecule has 1 atom stereocenters. The fourth-order valence-corrected chi connectivity index (χ4v) is 4.32. The van der Waals surface area contributed by atoms with Crippen molar-refractivity contribution >= 4 is 34.1 Å². The van der Waals surface area contributed by atoms with Crippen LogP contribution in [-0.4, -0.2) is 35.0 Å². The van der Waals surface area contributed by atoms with Gasteiger partial charge in [0, 0.05) is 11.9 Å². The number of anilines is 1. The standard InChI is InChI=1S/C24H21N3O4S/c1-2-27(18-11-7-9-16-8-3-4-10-17(16)18)22(28)15-32-24-26-25-23(31-24)21-14-29-19-12-5-6-13-20(19)30-21/h3-13,21H,2,14-15H2,1H3. The van der Waals surface area contributed by atoms with Crippen LogP contribution in [0, 0.1) is 0 Å². The molecule has 0 saturated carbocycles. The Morgan fingerprint density at radius 1 is 1.03 bits per heavy atom. The SMILES string of the molecule is CCN(C(=O)CSc1nnc(C2COc3ccccc3O2)o1)c1cccc2ccccc12. The van der Waals surface area contributed by atoms with E-state index in [0.717, 1.165) is 16.5 Å². The smallest absolute Gasteiger partial charge is 0.277 e. The van der Waals surface area contributed by atoms with Gasteiger partial charge in [-0.15, -0.1) is 10.2 Å². The summed E-state index contributed by atoms with van der Waals surface area (Å²) in [5.74, 6) is 1.82. The molecule has 3 aromatic carbocycles. The van der Waals surface area contributed by atoms with Crippen molar-refractivity contribution in [1.29, 1.82) is 0 Å². The van der Waals surface area contributed by atoms with Crippen molar-refractivity contribution in [3.8, 4) is 11.5 Å². The van der Waals surface area contributed by atoms with Crippen LogP contribution in [-0.2, 0) is 4.79 Å². The highest BCUT2D eigenvalue weighted by Crippen LogP contribution is 2.36. The summed E-state index contributed by atoms with van der Waals surface area (Å²) in [5.41, 5.74) is 0.897. The highest BCUT2D eigenvalue weighted by atomic mass is 32.2. The van der Waals surface area contributed by atoms with Gasteiger partial charge in [0.1, 0.15) is 6.61 Å². The fourth-order valence-electron chi connectivity index (χ4n) is 3.68. The van der Waals surface area contributed by atoms with Gasteiger partial charge in [0.15, 0.2) is 11.5 Å². The lowest BCUT2D eigenvalue weighted by atomic mass is 10.1. The molecule has 1 unspecified atom stereocenters. The quantitative estimate of drug-likeness (QED) is 0.390. The first kappa shape index (κ1) is 20.4. The van der Waals surface area contributed by atoms with Gasteiger partial charge in [-0.2, -0.15) is 0 Å². The Labute approximate surface area is 189 Å². The average Bonchev–Trinajstić information content (AvgIpc) is 3.32. The molecule has 1 aromatic heterocycles. The van der Waals surface area contributed by atoms with Gasteiger partial charge in [0.2, 0.25) is 12.0 Å². The Balaban J connectivity index is 1.26. The molecule has 1 amide bonds. The first-order chi connectivity index (χ1) is 15.7.